The molecule has 0 spiro atoms. The van der Waals surface area contributed by atoms with Gasteiger partial charge in [0.15, 0.2) is 0 Å². The lowest BCUT2D eigenvalue weighted by molar-refractivity contribution is 0.117. The van der Waals surface area contributed by atoms with Gasteiger partial charge in [0, 0.05) is 0 Å². The molecule has 0 heteroatoms. The summed E-state index contributed by atoms with van der Waals surface area (Å²) in [5, 5.41) is 0. The molecule has 0 aliphatic heterocycles. The lowest BCUT2D eigenvalue weighted by atomic mass is 9.54. The van der Waals surface area contributed by atoms with E-state index in [1.807, 2.05) is 13.8 Å². The molecule has 1 fully saturated rings. The maximum Gasteiger partial charge on any atom is -0.00415 e. The van der Waals surface area contributed by atoms with Crippen LogP contribution in [0.1, 0.15) is 108 Å². The Balaban J connectivity index is 0.00000100. The van der Waals surface area contributed by atoms with Crippen molar-refractivity contribution in [2.45, 2.75) is 105 Å². The van der Waals surface area contributed by atoms with Gasteiger partial charge in [-0.3, -0.25) is 0 Å². The summed E-state index contributed by atoms with van der Waals surface area (Å²) < 4.78 is 0. The number of fused-ring (bicyclic) bond motifs is 3. The topological polar surface area (TPSA) is 0 Å². The van der Waals surface area contributed by atoms with Crippen LogP contribution in [0.25, 0.3) is 0 Å². The van der Waals surface area contributed by atoms with E-state index in [4.69, 9.17) is 0 Å². The Morgan fingerprint density at radius 3 is 2.46 bits per heavy atom. The normalized spacial score (nSPS) is 28.7. The smallest absolute Gasteiger partial charge is 0.00415 e. The van der Waals surface area contributed by atoms with Crippen molar-refractivity contribution in [1.29, 1.82) is 0 Å². The second kappa shape index (κ2) is 7.63. The van der Waals surface area contributed by atoms with Crippen LogP contribution in [-0.4, -0.2) is 0 Å². The van der Waals surface area contributed by atoms with Crippen LogP contribution in [0.3, 0.4) is 0 Å². The first-order valence-electron chi connectivity index (χ1n) is 10.6. The van der Waals surface area contributed by atoms with Crippen LogP contribution in [-0.2, 0) is 18.3 Å². The average Bonchev–Trinajstić information content (AvgIpc) is 2.56. The minimum absolute atomic E-state index is 0.440. The maximum atomic E-state index is 2.63. The van der Waals surface area contributed by atoms with E-state index in [2.05, 4.69) is 47.6 Å². The highest BCUT2D eigenvalue weighted by molar-refractivity contribution is 5.51. The third-order valence-corrected chi connectivity index (χ3v) is 6.99. The van der Waals surface area contributed by atoms with Crippen molar-refractivity contribution in [2.24, 2.45) is 11.8 Å². The van der Waals surface area contributed by atoms with Gasteiger partial charge in [0.25, 0.3) is 0 Å². The Bertz CT molecular complexity index is 566. The first-order chi connectivity index (χ1) is 11.4. The SMILES string of the molecule is CC.CCc1cc2c(c(C)c1C(C)C)CCC1C(C)CCCC21C. The first-order valence-corrected chi connectivity index (χ1v) is 10.6. The summed E-state index contributed by atoms with van der Waals surface area (Å²) in [4.78, 5) is 0. The van der Waals surface area contributed by atoms with Gasteiger partial charge in [-0.25, -0.2) is 0 Å². The van der Waals surface area contributed by atoms with Crippen molar-refractivity contribution >= 4 is 0 Å². The zero-order valence-corrected chi connectivity index (χ0v) is 17.6. The quantitative estimate of drug-likeness (QED) is 0.532. The van der Waals surface area contributed by atoms with Crippen LogP contribution in [0.5, 0.6) is 0 Å². The molecule has 24 heavy (non-hydrogen) atoms. The Morgan fingerprint density at radius 2 is 1.88 bits per heavy atom. The minimum atomic E-state index is 0.440. The Morgan fingerprint density at radius 1 is 1.21 bits per heavy atom. The highest BCUT2D eigenvalue weighted by atomic mass is 14.5. The van der Waals surface area contributed by atoms with E-state index in [0.29, 0.717) is 11.3 Å². The first kappa shape index (κ1) is 19.5. The van der Waals surface area contributed by atoms with E-state index in [-0.39, 0.29) is 0 Å². The van der Waals surface area contributed by atoms with Crippen LogP contribution in [0.15, 0.2) is 6.07 Å². The summed E-state index contributed by atoms with van der Waals surface area (Å²) in [5.74, 6) is 2.46. The molecule has 0 amide bonds. The molecule has 2 aliphatic rings. The van der Waals surface area contributed by atoms with Crippen molar-refractivity contribution < 1.29 is 0 Å². The van der Waals surface area contributed by atoms with Gasteiger partial charge in [-0.2, -0.15) is 0 Å². The van der Waals surface area contributed by atoms with Gasteiger partial charge in [0.1, 0.15) is 0 Å². The van der Waals surface area contributed by atoms with Gasteiger partial charge < -0.3 is 0 Å². The summed E-state index contributed by atoms with van der Waals surface area (Å²) in [6.07, 6.45) is 8.17. The molecule has 2 aliphatic carbocycles. The molecule has 3 rings (SSSR count). The molecule has 3 unspecified atom stereocenters. The minimum Gasteiger partial charge on any atom is -0.0683 e. The van der Waals surface area contributed by atoms with Crippen molar-refractivity contribution in [2.75, 3.05) is 0 Å². The number of hydrogen-bond acceptors (Lipinski definition) is 0. The second-order valence-corrected chi connectivity index (χ2v) is 8.54. The predicted molar refractivity (Wildman–Crippen MR) is 108 cm³/mol. The fourth-order valence-electron chi connectivity index (χ4n) is 5.92. The molecule has 1 saturated carbocycles. The highest BCUT2D eigenvalue weighted by Gasteiger charge is 2.45. The van der Waals surface area contributed by atoms with Gasteiger partial charge in [0.2, 0.25) is 0 Å². The summed E-state index contributed by atoms with van der Waals surface area (Å²) in [6.45, 7) is 18.6. The van der Waals surface area contributed by atoms with Gasteiger partial charge in [-0.05, 0) is 83.6 Å². The standard InChI is InChI=1S/C22H34.C2H6/c1-7-17-13-20-18(16(5)21(17)14(2)3)10-11-19-15(4)9-8-12-22(19,20)6;1-2/h13-15,19H,7-12H2,1-6H3;1-2H3. The van der Waals surface area contributed by atoms with E-state index in [1.165, 1.54) is 38.5 Å². The molecular formula is C24H40. The highest BCUT2D eigenvalue weighted by Crippen LogP contribution is 2.53. The second-order valence-electron chi connectivity index (χ2n) is 8.54. The number of rotatable bonds is 2. The number of hydrogen-bond donors (Lipinski definition) is 0. The Kier molecular flexibility index (Phi) is 6.21. The van der Waals surface area contributed by atoms with Crippen molar-refractivity contribution in [1.82, 2.24) is 0 Å². The summed E-state index contributed by atoms with van der Waals surface area (Å²) >= 11 is 0. The summed E-state index contributed by atoms with van der Waals surface area (Å²) in [6, 6.07) is 2.63. The fourth-order valence-corrected chi connectivity index (χ4v) is 5.92. The van der Waals surface area contributed by atoms with E-state index in [1.54, 1.807) is 27.8 Å². The van der Waals surface area contributed by atoms with Gasteiger partial charge in [0.05, 0.1) is 0 Å². The molecule has 0 radical (unpaired) electrons. The molecule has 0 heterocycles. The third kappa shape index (κ3) is 3.06. The van der Waals surface area contributed by atoms with Gasteiger partial charge >= 0.3 is 0 Å². The van der Waals surface area contributed by atoms with Crippen LogP contribution < -0.4 is 0 Å². The Labute approximate surface area is 151 Å². The molecular weight excluding hydrogens is 288 g/mol. The van der Waals surface area contributed by atoms with E-state index in [0.717, 1.165) is 11.8 Å². The molecule has 0 saturated heterocycles. The van der Waals surface area contributed by atoms with Crippen molar-refractivity contribution in [3.05, 3.63) is 33.9 Å². The van der Waals surface area contributed by atoms with Crippen molar-refractivity contribution in [3.63, 3.8) is 0 Å². The van der Waals surface area contributed by atoms with E-state index < -0.39 is 0 Å². The number of benzene rings is 1. The van der Waals surface area contributed by atoms with Gasteiger partial charge in [-0.15, -0.1) is 0 Å². The van der Waals surface area contributed by atoms with E-state index >= 15 is 0 Å². The lowest BCUT2D eigenvalue weighted by Gasteiger charge is -2.50. The molecule has 0 bridgehead atoms. The monoisotopic (exact) mass is 328 g/mol. The zero-order chi connectivity index (χ0) is 18.1. The van der Waals surface area contributed by atoms with Crippen LogP contribution in [0.2, 0.25) is 0 Å². The van der Waals surface area contributed by atoms with Crippen LogP contribution in [0, 0.1) is 18.8 Å². The average molecular weight is 329 g/mol. The molecule has 0 nitrogen and oxygen atoms in total. The van der Waals surface area contributed by atoms with Crippen molar-refractivity contribution in [3.8, 4) is 0 Å². The molecule has 3 atom stereocenters. The zero-order valence-electron chi connectivity index (χ0n) is 17.6. The van der Waals surface area contributed by atoms with Gasteiger partial charge in [-0.1, -0.05) is 67.4 Å². The third-order valence-electron chi connectivity index (χ3n) is 6.99. The summed E-state index contributed by atoms with van der Waals surface area (Å²) in [5.41, 5.74) is 8.78. The molecule has 0 N–H and O–H groups in total. The number of aryl methyl sites for hydroxylation is 1. The molecule has 1 aromatic carbocycles. The predicted octanol–water partition coefficient (Wildman–Crippen LogP) is 7.35. The van der Waals surface area contributed by atoms with Crippen LogP contribution >= 0.6 is 0 Å². The molecule has 136 valence electrons. The van der Waals surface area contributed by atoms with E-state index in [9.17, 15) is 0 Å². The summed E-state index contributed by atoms with van der Waals surface area (Å²) in [7, 11) is 0. The van der Waals surface area contributed by atoms with Crippen LogP contribution in [0.4, 0.5) is 0 Å². The molecule has 1 aromatic rings. The molecule has 0 aromatic heterocycles. The Hall–Kier alpha value is -0.780. The largest absolute Gasteiger partial charge is 0.0683 e. The maximum absolute atomic E-state index is 2.63. The fraction of sp³-hybridized carbons (Fsp3) is 0.750. The lowest BCUT2D eigenvalue weighted by Crippen LogP contribution is -2.43.